The number of hydrogen-bond acceptors (Lipinski definition) is 0. The van der Waals surface area contributed by atoms with E-state index in [0.29, 0.717) is 4.32 Å². The normalized spacial score (nSPS) is 26.5. The SMILES string of the molecule is CC1=CC[C@@H](C(C)(C)Br)CC1. The predicted molar refractivity (Wildman–Crippen MR) is 54.1 cm³/mol. The Morgan fingerprint density at radius 2 is 2.18 bits per heavy atom. The first kappa shape index (κ1) is 9.31. The first-order valence-corrected chi connectivity index (χ1v) is 5.14. The van der Waals surface area contributed by atoms with E-state index in [1.54, 1.807) is 5.57 Å². The lowest BCUT2D eigenvalue weighted by atomic mass is 9.83. The lowest BCUT2D eigenvalue weighted by Crippen LogP contribution is -2.25. The number of alkyl halides is 1. The van der Waals surface area contributed by atoms with Gasteiger partial charge in [0.1, 0.15) is 0 Å². The Kier molecular flexibility index (Phi) is 2.79. The van der Waals surface area contributed by atoms with Gasteiger partial charge in [-0.1, -0.05) is 27.6 Å². The van der Waals surface area contributed by atoms with Crippen LogP contribution in [0.4, 0.5) is 0 Å². The van der Waals surface area contributed by atoms with E-state index in [1.807, 2.05) is 0 Å². The Bertz CT molecular complexity index is 162. The molecule has 64 valence electrons. The van der Waals surface area contributed by atoms with Crippen LogP contribution in [0.1, 0.15) is 40.0 Å². The third kappa shape index (κ3) is 2.62. The predicted octanol–water partition coefficient (Wildman–Crippen LogP) is 3.91. The fourth-order valence-corrected chi connectivity index (χ4v) is 2.00. The standard InChI is InChI=1S/C10H17Br/c1-8-4-6-9(7-5-8)10(2,3)11/h4,9H,5-7H2,1-3H3/t9-/m1/s1. The molecule has 0 radical (unpaired) electrons. The molecular weight excluding hydrogens is 200 g/mol. The molecule has 0 N–H and O–H groups in total. The molecule has 1 rings (SSSR count). The topological polar surface area (TPSA) is 0 Å². The van der Waals surface area contributed by atoms with Crippen molar-refractivity contribution < 1.29 is 0 Å². The Balaban J connectivity index is 2.54. The Morgan fingerprint density at radius 1 is 1.55 bits per heavy atom. The summed E-state index contributed by atoms with van der Waals surface area (Å²) in [6.45, 7) is 6.77. The summed E-state index contributed by atoms with van der Waals surface area (Å²) in [5, 5.41) is 0. The highest BCUT2D eigenvalue weighted by atomic mass is 79.9. The highest BCUT2D eigenvalue weighted by Crippen LogP contribution is 2.36. The summed E-state index contributed by atoms with van der Waals surface area (Å²) in [5.41, 5.74) is 1.57. The third-order valence-electron chi connectivity index (χ3n) is 2.61. The van der Waals surface area contributed by atoms with Gasteiger partial charge in [-0.05, 0) is 46.0 Å². The summed E-state index contributed by atoms with van der Waals surface area (Å²) in [7, 11) is 0. The number of hydrogen-bond donors (Lipinski definition) is 0. The quantitative estimate of drug-likeness (QED) is 0.461. The van der Waals surface area contributed by atoms with Gasteiger partial charge in [0, 0.05) is 4.32 Å². The number of rotatable bonds is 1. The van der Waals surface area contributed by atoms with Crippen LogP contribution in [0.3, 0.4) is 0 Å². The monoisotopic (exact) mass is 216 g/mol. The van der Waals surface area contributed by atoms with Crippen LogP contribution < -0.4 is 0 Å². The van der Waals surface area contributed by atoms with Crippen molar-refractivity contribution in [2.75, 3.05) is 0 Å². The second-order valence-electron chi connectivity index (χ2n) is 4.09. The van der Waals surface area contributed by atoms with Crippen LogP contribution in [0.5, 0.6) is 0 Å². The summed E-state index contributed by atoms with van der Waals surface area (Å²) < 4.78 is 0.324. The molecule has 0 aliphatic heterocycles. The van der Waals surface area contributed by atoms with Crippen molar-refractivity contribution in [2.45, 2.75) is 44.4 Å². The van der Waals surface area contributed by atoms with E-state index in [1.165, 1.54) is 19.3 Å². The molecule has 0 saturated carbocycles. The molecule has 0 aromatic heterocycles. The van der Waals surface area contributed by atoms with Crippen LogP contribution in [0.2, 0.25) is 0 Å². The van der Waals surface area contributed by atoms with E-state index in [0.717, 1.165) is 5.92 Å². The summed E-state index contributed by atoms with van der Waals surface area (Å²) >= 11 is 3.73. The average Bonchev–Trinajstić information content (AvgIpc) is 1.86. The van der Waals surface area contributed by atoms with Crippen LogP contribution in [0.15, 0.2) is 11.6 Å². The minimum atomic E-state index is 0.324. The molecule has 0 bridgehead atoms. The molecule has 0 nitrogen and oxygen atoms in total. The van der Waals surface area contributed by atoms with E-state index in [-0.39, 0.29) is 0 Å². The van der Waals surface area contributed by atoms with Crippen molar-refractivity contribution in [3.05, 3.63) is 11.6 Å². The van der Waals surface area contributed by atoms with Crippen molar-refractivity contribution in [2.24, 2.45) is 5.92 Å². The van der Waals surface area contributed by atoms with Crippen LogP contribution in [-0.4, -0.2) is 4.32 Å². The molecule has 0 heterocycles. The van der Waals surface area contributed by atoms with Gasteiger partial charge < -0.3 is 0 Å². The lowest BCUT2D eigenvalue weighted by molar-refractivity contribution is 0.391. The summed E-state index contributed by atoms with van der Waals surface area (Å²) in [5.74, 6) is 0.825. The summed E-state index contributed by atoms with van der Waals surface area (Å²) in [6.07, 6.45) is 6.28. The zero-order valence-corrected chi connectivity index (χ0v) is 9.24. The Hall–Kier alpha value is 0.220. The fourth-order valence-electron chi connectivity index (χ4n) is 1.59. The number of halogens is 1. The highest BCUT2D eigenvalue weighted by molar-refractivity contribution is 9.10. The maximum absolute atomic E-state index is 3.73. The van der Waals surface area contributed by atoms with Gasteiger partial charge in [0.15, 0.2) is 0 Å². The lowest BCUT2D eigenvalue weighted by Gasteiger charge is -2.30. The van der Waals surface area contributed by atoms with E-state index in [2.05, 4.69) is 42.8 Å². The fraction of sp³-hybridized carbons (Fsp3) is 0.800. The van der Waals surface area contributed by atoms with Gasteiger partial charge >= 0.3 is 0 Å². The van der Waals surface area contributed by atoms with Crippen LogP contribution in [-0.2, 0) is 0 Å². The van der Waals surface area contributed by atoms with Gasteiger partial charge in [0.25, 0.3) is 0 Å². The van der Waals surface area contributed by atoms with Crippen LogP contribution in [0, 0.1) is 5.92 Å². The maximum atomic E-state index is 3.73. The molecule has 1 atom stereocenters. The van der Waals surface area contributed by atoms with E-state index < -0.39 is 0 Å². The van der Waals surface area contributed by atoms with Crippen molar-refractivity contribution in [1.82, 2.24) is 0 Å². The van der Waals surface area contributed by atoms with Crippen LogP contribution in [0.25, 0.3) is 0 Å². The minimum absolute atomic E-state index is 0.324. The molecule has 0 fully saturated rings. The molecule has 0 saturated heterocycles. The maximum Gasteiger partial charge on any atom is 0.0232 e. The minimum Gasteiger partial charge on any atom is -0.0856 e. The highest BCUT2D eigenvalue weighted by Gasteiger charge is 2.26. The van der Waals surface area contributed by atoms with E-state index >= 15 is 0 Å². The van der Waals surface area contributed by atoms with E-state index in [9.17, 15) is 0 Å². The van der Waals surface area contributed by atoms with Crippen molar-refractivity contribution in [3.8, 4) is 0 Å². The van der Waals surface area contributed by atoms with Crippen molar-refractivity contribution in [3.63, 3.8) is 0 Å². The third-order valence-corrected chi connectivity index (χ3v) is 3.26. The largest absolute Gasteiger partial charge is 0.0856 e. The molecule has 0 amide bonds. The summed E-state index contributed by atoms with van der Waals surface area (Å²) in [4.78, 5) is 0. The van der Waals surface area contributed by atoms with Crippen molar-refractivity contribution >= 4 is 15.9 Å². The van der Waals surface area contributed by atoms with E-state index in [4.69, 9.17) is 0 Å². The second-order valence-corrected chi connectivity index (χ2v) is 6.13. The molecule has 0 aromatic carbocycles. The van der Waals surface area contributed by atoms with Crippen LogP contribution >= 0.6 is 15.9 Å². The van der Waals surface area contributed by atoms with Gasteiger partial charge in [-0.2, -0.15) is 0 Å². The second kappa shape index (κ2) is 3.30. The Morgan fingerprint density at radius 3 is 2.55 bits per heavy atom. The van der Waals surface area contributed by atoms with Crippen molar-refractivity contribution in [1.29, 1.82) is 0 Å². The molecule has 11 heavy (non-hydrogen) atoms. The summed E-state index contributed by atoms with van der Waals surface area (Å²) in [6, 6.07) is 0. The average molecular weight is 217 g/mol. The Labute approximate surface area is 78.2 Å². The molecule has 0 spiro atoms. The number of allylic oxidation sites excluding steroid dienone is 2. The van der Waals surface area contributed by atoms with Gasteiger partial charge in [-0.15, -0.1) is 0 Å². The van der Waals surface area contributed by atoms with Gasteiger partial charge in [-0.25, -0.2) is 0 Å². The zero-order chi connectivity index (χ0) is 8.48. The molecule has 0 unspecified atom stereocenters. The molecule has 1 aliphatic carbocycles. The van der Waals surface area contributed by atoms with Gasteiger partial charge in [0.05, 0.1) is 0 Å². The molecular formula is C10H17Br. The molecule has 1 heteroatoms. The molecule has 0 aromatic rings. The molecule has 1 aliphatic rings. The van der Waals surface area contributed by atoms with Gasteiger partial charge in [0.2, 0.25) is 0 Å². The zero-order valence-electron chi connectivity index (χ0n) is 7.65. The first-order valence-electron chi connectivity index (χ1n) is 4.34. The van der Waals surface area contributed by atoms with Gasteiger partial charge in [-0.3, -0.25) is 0 Å². The smallest absolute Gasteiger partial charge is 0.0232 e. The first-order chi connectivity index (χ1) is 5.00.